The van der Waals surface area contributed by atoms with Crippen molar-refractivity contribution in [3.8, 4) is 0 Å². The van der Waals surface area contributed by atoms with E-state index in [1.165, 1.54) is 4.90 Å². The lowest BCUT2D eigenvalue weighted by Crippen LogP contribution is -2.57. The molecule has 2 aliphatic rings. The van der Waals surface area contributed by atoms with Crippen LogP contribution in [-0.4, -0.2) is 41.2 Å². The number of imide groups is 1. The van der Waals surface area contributed by atoms with Crippen LogP contribution in [0, 0.1) is 0 Å². The van der Waals surface area contributed by atoms with Crippen molar-refractivity contribution >= 4 is 11.8 Å². The molecule has 2 fully saturated rings. The highest BCUT2D eigenvalue weighted by Gasteiger charge is 2.47. The van der Waals surface area contributed by atoms with E-state index in [2.05, 4.69) is 4.90 Å². The average Bonchev–Trinajstić information content (AvgIpc) is 2.87. The summed E-state index contributed by atoms with van der Waals surface area (Å²) in [6.07, 6.45) is 1.85. The van der Waals surface area contributed by atoms with E-state index in [0.29, 0.717) is 0 Å². The van der Waals surface area contributed by atoms with Gasteiger partial charge in [0.25, 0.3) is 5.91 Å². The van der Waals surface area contributed by atoms with Crippen LogP contribution < -0.4 is 0 Å². The first-order valence-electron chi connectivity index (χ1n) is 6.32. The van der Waals surface area contributed by atoms with Crippen molar-refractivity contribution in [1.82, 2.24) is 9.80 Å². The number of hydrogen-bond donors (Lipinski definition) is 0. The summed E-state index contributed by atoms with van der Waals surface area (Å²) in [6, 6.07) is 9.32. The molecule has 2 heterocycles. The maximum atomic E-state index is 12.3. The Labute approximate surface area is 106 Å². The van der Waals surface area contributed by atoms with E-state index in [-0.39, 0.29) is 23.9 Å². The molecule has 0 radical (unpaired) electrons. The molecule has 3 rings (SSSR count). The second-order valence-electron chi connectivity index (χ2n) is 4.94. The fraction of sp³-hybridized carbons (Fsp3) is 0.429. The maximum Gasteiger partial charge on any atom is 0.250 e. The molecular weight excluding hydrogens is 228 g/mol. The number of carbonyl (C=O) groups is 2. The number of likely N-dealkylation sites (N-methyl/N-ethyl adjacent to an activating group) is 1. The first kappa shape index (κ1) is 11.4. The van der Waals surface area contributed by atoms with Crippen LogP contribution in [-0.2, 0) is 9.59 Å². The van der Waals surface area contributed by atoms with Gasteiger partial charge in [0.05, 0.1) is 6.04 Å². The quantitative estimate of drug-likeness (QED) is 0.697. The fourth-order valence-electron chi connectivity index (χ4n) is 2.99. The summed E-state index contributed by atoms with van der Waals surface area (Å²) in [7, 11) is 1.59. The highest BCUT2D eigenvalue weighted by Crippen LogP contribution is 2.35. The number of fused-ring (bicyclic) bond motifs is 1. The second kappa shape index (κ2) is 4.21. The van der Waals surface area contributed by atoms with Crippen molar-refractivity contribution in [2.24, 2.45) is 0 Å². The Hall–Kier alpha value is -1.68. The molecule has 0 spiro atoms. The number of nitrogens with zero attached hydrogens (tertiary/aromatic N) is 2. The SMILES string of the molecule is CN1C(=O)[C@H](c2ccccc2)N2CCC[C@H]2C1=O. The Morgan fingerprint density at radius 1 is 1.11 bits per heavy atom. The summed E-state index contributed by atoms with van der Waals surface area (Å²) in [6.45, 7) is 0.829. The Morgan fingerprint density at radius 2 is 1.83 bits per heavy atom. The number of benzene rings is 1. The lowest BCUT2D eigenvalue weighted by molar-refractivity contribution is -0.157. The van der Waals surface area contributed by atoms with Gasteiger partial charge in [0.2, 0.25) is 5.91 Å². The van der Waals surface area contributed by atoms with Crippen LogP contribution in [0.5, 0.6) is 0 Å². The fourth-order valence-corrected chi connectivity index (χ4v) is 2.99. The summed E-state index contributed by atoms with van der Waals surface area (Å²) in [5.74, 6) is -0.158. The summed E-state index contributed by atoms with van der Waals surface area (Å²) >= 11 is 0. The monoisotopic (exact) mass is 244 g/mol. The normalized spacial score (nSPS) is 28.6. The van der Waals surface area contributed by atoms with E-state index < -0.39 is 0 Å². The predicted octanol–water partition coefficient (Wildman–Crippen LogP) is 1.19. The van der Waals surface area contributed by atoms with Gasteiger partial charge in [-0.1, -0.05) is 30.3 Å². The molecular formula is C14H16N2O2. The lowest BCUT2D eigenvalue weighted by atomic mass is 9.99. The summed E-state index contributed by atoms with van der Waals surface area (Å²) in [5, 5.41) is 0. The minimum atomic E-state index is -0.290. The topological polar surface area (TPSA) is 40.6 Å². The van der Waals surface area contributed by atoms with Gasteiger partial charge in [-0.2, -0.15) is 0 Å². The first-order chi connectivity index (χ1) is 8.70. The largest absolute Gasteiger partial charge is 0.283 e. The molecule has 2 aliphatic heterocycles. The van der Waals surface area contributed by atoms with Crippen molar-refractivity contribution in [3.05, 3.63) is 35.9 Å². The van der Waals surface area contributed by atoms with Crippen molar-refractivity contribution in [2.75, 3.05) is 13.6 Å². The Kier molecular flexibility index (Phi) is 2.67. The van der Waals surface area contributed by atoms with Gasteiger partial charge in [0.15, 0.2) is 0 Å². The summed E-state index contributed by atoms with van der Waals surface area (Å²) < 4.78 is 0. The van der Waals surface area contributed by atoms with Crippen LogP contribution >= 0.6 is 0 Å². The van der Waals surface area contributed by atoms with Gasteiger partial charge in [0.1, 0.15) is 6.04 Å². The molecule has 18 heavy (non-hydrogen) atoms. The summed E-state index contributed by atoms with van der Waals surface area (Å²) in [4.78, 5) is 27.8. The van der Waals surface area contributed by atoms with Crippen molar-refractivity contribution < 1.29 is 9.59 Å². The van der Waals surface area contributed by atoms with Gasteiger partial charge in [-0.15, -0.1) is 0 Å². The molecule has 0 saturated carbocycles. The zero-order valence-electron chi connectivity index (χ0n) is 10.4. The molecule has 2 amide bonds. The minimum Gasteiger partial charge on any atom is -0.283 e. The number of hydrogen-bond acceptors (Lipinski definition) is 3. The zero-order chi connectivity index (χ0) is 12.7. The maximum absolute atomic E-state index is 12.3. The molecule has 1 aromatic rings. The molecule has 0 aliphatic carbocycles. The molecule has 2 atom stereocenters. The second-order valence-corrected chi connectivity index (χ2v) is 4.94. The van der Waals surface area contributed by atoms with Crippen LogP contribution in [0.3, 0.4) is 0 Å². The predicted molar refractivity (Wildman–Crippen MR) is 66.7 cm³/mol. The molecule has 0 N–H and O–H groups in total. The molecule has 94 valence electrons. The highest BCUT2D eigenvalue weighted by molar-refractivity contribution is 6.03. The molecule has 4 heteroatoms. The van der Waals surface area contributed by atoms with Gasteiger partial charge < -0.3 is 0 Å². The van der Waals surface area contributed by atoms with E-state index in [9.17, 15) is 9.59 Å². The van der Waals surface area contributed by atoms with E-state index in [1.54, 1.807) is 7.05 Å². The van der Waals surface area contributed by atoms with E-state index >= 15 is 0 Å². The first-order valence-corrected chi connectivity index (χ1v) is 6.32. The molecule has 4 nitrogen and oxygen atoms in total. The van der Waals surface area contributed by atoms with Crippen LogP contribution in [0.15, 0.2) is 30.3 Å². The minimum absolute atomic E-state index is 0.0512. The van der Waals surface area contributed by atoms with Crippen molar-refractivity contribution in [1.29, 1.82) is 0 Å². The van der Waals surface area contributed by atoms with Gasteiger partial charge >= 0.3 is 0 Å². The van der Waals surface area contributed by atoms with Gasteiger partial charge in [0, 0.05) is 13.6 Å². The van der Waals surface area contributed by atoms with Gasteiger partial charge in [-0.05, 0) is 18.4 Å². The standard InChI is InChI=1S/C14H16N2O2/c1-15-13(17)11-8-5-9-16(11)12(14(15)18)10-6-3-2-4-7-10/h2-4,6-7,11-12H,5,8-9H2,1H3/t11-,12-/m0/s1. The number of piperazine rings is 1. The van der Waals surface area contributed by atoms with Crippen LogP contribution in [0.25, 0.3) is 0 Å². The van der Waals surface area contributed by atoms with Crippen molar-refractivity contribution in [3.63, 3.8) is 0 Å². The lowest BCUT2D eigenvalue weighted by Gasteiger charge is -2.39. The zero-order valence-corrected chi connectivity index (χ0v) is 10.4. The molecule has 2 saturated heterocycles. The van der Waals surface area contributed by atoms with E-state index in [0.717, 1.165) is 24.9 Å². The smallest absolute Gasteiger partial charge is 0.250 e. The highest BCUT2D eigenvalue weighted by atomic mass is 16.2. The van der Waals surface area contributed by atoms with E-state index in [1.807, 2.05) is 30.3 Å². The van der Waals surface area contributed by atoms with Crippen LogP contribution in [0.2, 0.25) is 0 Å². The van der Waals surface area contributed by atoms with E-state index in [4.69, 9.17) is 0 Å². The third kappa shape index (κ3) is 1.56. The average molecular weight is 244 g/mol. The van der Waals surface area contributed by atoms with Gasteiger partial charge in [-0.3, -0.25) is 19.4 Å². The van der Waals surface area contributed by atoms with Crippen molar-refractivity contribution in [2.45, 2.75) is 24.9 Å². The summed E-state index contributed by atoms with van der Waals surface area (Å²) in [5.41, 5.74) is 0.980. The van der Waals surface area contributed by atoms with Crippen LogP contribution in [0.4, 0.5) is 0 Å². The Balaban J connectivity index is 2.02. The Morgan fingerprint density at radius 3 is 2.56 bits per heavy atom. The number of carbonyl (C=O) groups excluding carboxylic acids is 2. The number of rotatable bonds is 1. The molecule has 0 unspecified atom stereocenters. The van der Waals surface area contributed by atoms with Crippen LogP contribution in [0.1, 0.15) is 24.4 Å². The third-order valence-electron chi connectivity index (χ3n) is 3.92. The Bertz CT molecular complexity index is 486. The van der Waals surface area contributed by atoms with Gasteiger partial charge in [-0.25, -0.2) is 0 Å². The number of amides is 2. The molecule has 1 aromatic carbocycles. The molecule has 0 aromatic heterocycles. The third-order valence-corrected chi connectivity index (χ3v) is 3.92. The molecule has 0 bridgehead atoms.